The molecule has 1 amide bonds. The quantitative estimate of drug-likeness (QED) is 0.323. The number of nitrogens with one attached hydrogen (secondary N) is 1. The lowest BCUT2D eigenvalue weighted by Gasteiger charge is -2.35. The Balaban J connectivity index is 1.20. The van der Waals surface area contributed by atoms with Gasteiger partial charge in [0, 0.05) is 49.1 Å². The van der Waals surface area contributed by atoms with E-state index in [1.165, 1.54) is 12.1 Å². The van der Waals surface area contributed by atoms with Crippen LogP contribution in [0.1, 0.15) is 11.1 Å². The van der Waals surface area contributed by atoms with Gasteiger partial charge in [-0.25, -0.2) is 4.79 Å². The van der Waals surface area contributed by atoms with Crippen LogP contribution in [0.25, 0.3) is 11.5 Å². The van der Waals surface area contributed by atoms with Gasteiger partial charge in [-0.3, -0.25) is 9.69 Å². The van der Waals surface area contributed by atoms with Crippen molar-refractivity contribution in [3.8, 4) is 17.2 Å². The summed E-state index contributed by atoms with van der Waals surface area (Å²) in [5, 5.41) is 17.4. The van der Waals surface area contributed by atoms with Crippen LogP contribution in [0, 0.1) is 0 Å². The smallest absolute Gasteiger partial charge is 0.437 e. The first-order chi connectivity index (χ1) is 19.6. The molecule has 2 N–H and O–H groups in total. The molecule has 0 atom stereocenters. The van der Waals surface area contributed by atoms with E-state index in [2.05, 4.69) is 27.4 Å². The first kappa shape index (κ1) is 28.2. The third kappa shape index (κ3) is 6.72. The number of aromatic nitrogens is 2. The number of hydrogen-bond acceptors (Lipinski definition) is 7. The van der Waals surface area contributed by atoms with Gasteiger partial charge in [-0.15, -0.1) is 5.10 Å². The Morgan fingerprint density at radius 2 is 1.71 bits per heavy atom. The van der Waals surface area contributed by atoms with E-state index in [1.54, 1.807) is 0 Å². The number of hydrogen-bond donors (Lipinski definition) is 2. The molecule has 214 valence electrons. The number of para-hydroxylation sites is 1. The summed E-state index contributed by atoms with van der Waals surface area (Å²) in [6.45, 7) is 2.92. The van der Waals surface area contributed by atoms with Crippen LogP contribution in [0.3, 0.4) is 0 Å². The van der Waals surface area contributed by atoms with Crippen molar-refractivity contribution >= 4 is 28.9 Å². The van der Waals surface area contributed by atoms with Gasteiger partial charge in [0.25, 0.3) is 0 Å². The second-order valence-electron chi connectivity index (χ2n) is 9.51. The van der Waals surface area contributed by atoms with Crippen LogP contribution in [0.15, 0.2) is 75.9 Å². The van der Waals surface area contributed by atoms with Gasteiger partial charge >= 0.3 is 11.9 Å². The van der Waals surface area contributed by atoms with Gasteiger partial charge < -0.3 is 19.7 Å². The van der Waals surface area contributed by atoms with Crippen LogP contribution in [-0.2, 0) is 17.5 Å². The van der Waals surface area contributed by atoms with Gasteiger partial charge in [0.15, 0.2) is 0 Å². The number of piperazine rings is 1. The molecule has 0 spiro atoms. The predicted molar refractivity (Wildman–Crippen MR) is 147 cm³/mol. The van der Waals surface area contributed by atoms with Crippen LogP contribution in [-0.4, -0.2) is 58.4 Å². The van der Waals surface area contributed by atoms with Gasteiger partial charge in [0.2, 0.25) is 11.8 Å². The average Bonchev–Trinajstić information content (AvgIpc) is 3.31. The molecule has 4 aromatic rings. The lowest BCUT2D eigenvalue weighted by Crippen LogP contribution is -2.48. The Labute approximate surface area is 237 Å². The summed E-state index contributed by atoms with van der Waals surface area (Å²) in [7, 11) is 0. The molecule has 0 bridgehead atoms. The Morgan fingerprint density at radius 1 is 1.02 bits per heavy atom. The predicted octanol–water partition coefficient (Wildman–Crippen LogP) is 4.69. The Bertz CT molecular complexity index is 1580. The third-order valence-corrected chi connectivity index (χ3v) is 7.00. The topological polar surface area (TPSA) is 104 Å². The highest BCUT2D eigenvalue weighted by atomic mass is 35.5. The van der Waals surface area contributed by atoms with Crippen molar-refractivity contribution in [1.82, 2.24) is 14.7 Å². The minimum absolute atomic E-state index is 0.138. The number of carbonyl (C=O) groups is 1. The van der Waals surface area contributed by atoms with Crippen molar-refractivity contribution in [2.45, 2.75) is 12.7 Å². The SMILES string of the molecule is O=C(CN1CCN(c2ccccc2)CC1)Nc1cc(O)c(Cn2nc(-c3ccc(C(F)(F)F)cc3)oc2=O)cc1Cl. The van der Waals surface area contributed by atoms with Crippen molar-refractivity contribution in [3.05, 3.63) is 93.4 Å². The van der Waals surface area contributed by atoms with Gasteiger partial charge in [-0.2, -0.15) is 17.9 Å². The third-order valence-electron chi connectivity index (χ3n) is 6.69. The van der Waals surface area contributed by atoms with Gasteiger partial charge in [0.05, 0.1) is 29.4 Å². The molecule has 1 aliphatic rings. The number of nitrogens with zero attached hydrogens (tertiary/aromatic N) is 4. The number of aromatic hydroxyl groups is 1. The number of halogens is 4. The van der Waals surface area contributed by atoms with E-state index in [-0.39, 0.29) is 52.5 Å². The highest BCUT2D eigenvalue weighted by Gasteiger charge is 2.30. The fourth-order valence-corrected chi connectivity index (χ4v) is 4.74. The highest BCUT2D eigenvalue weighted by Crippen LogP contribution is 2.32. The molecule has 5 rings (SSSR count). The molecular formula is C28H25ClF3N5O4. The fraction of sp³-hybridized carbons (Fsp3) is 0.250. The summed E-state index contributed by atoms with van der Waals surface area (Å²) in [5.74, 6) is -1.59. The molecule has 0 aliphatic carbocycles. The van der Waals surface area contributed by atoms with Crippen LogP contribution >= 0.6 is 11.6 Å². The minimum Gasteiger partial charge on any atom is -0.508 e. The number of carbonyl (C=O) groups excluding carboxylic acids is 1. The first-order valence-electron chi connectivity index (χ1n) is 12.7. The van der Waals surface area contributed by atoms with E-state index in [1.807, 2.05) is 23.1 Å². The van der Waals surface area contributed by atoms with E-state index >= 15 is 0 Å². The van der Waals surface area contributed by atoms with Crippen LogP contribution in [0.4, 0.5) is 24.5 Å². The standard InChI is InChI=1S/C28H25ClF3N5O4/c29-22-14-19(16-37-27(40)41-26(34-37)18-6-8-20(9-7-18)28(30,31)32)24(38)15-23(22)33-25(39)17-35-10-12-36(13-11-35)21-4-2-1-3-5-21/h1-9,14-15,38H,10-13,16-17H2,(H,33,39). The van der Waals surface area contributed by atoms with Gasteiger partial charge in [-0.05, 0) is 42.5 Å². The largest absolute Gasteiger partial charge is 0.508 e. The monoisotopic (exact) mass is 587 g/mol. The number of alkyl halides is 3. The Morgan fingerprint density at radius 3 is 2.37 bits per heavy atom. The Kier molecular flexibility index (Phi) is 8.04. The van der Waals surface area contributed by atoms with Crippen molar-refractivity contribution in [3.63, 3.8) is 0 Å². The van der Waals surface area contributed by atoms with E-state index in [4.69, 9.17) is 16.0 Å². The summed E-state index contributed by atoms with van der Waals surface area (Å²) >= 11 is 6.36. The average molecular weight is 588 g/mol. The maximum absolute atomic E-state index is 12.8. The normalized spacial score (nSPS) is 14.3. The molecule has 0 radical (unpaired) electrons. The second-order valence-corrected chi connectivity index (χ2v) is 9.92. The molecular weight excluding hydrogens is 563 g/mol. The van der Waals surface area contributed by atoms with Crippen molar-refractivity contribution in [2.24, 2.45) is 0 Å². The zero-order valence-corrected chi connectivity index (χ0v) is 22.3. The molecule has 41 heavy (non-hydrogen) atoms. The summed E-state index contributed by atoms with van der Waals surface area (Å²) in [6, 6.07) is 16.7. The zero-order valence-electron chi connectivity index (χ0n) is 21.6. The van der Waals surface area contributed by atoms with Gasteiger partial charge in [-0.1, -0.05) is 29.8 Å². The molecule has 1 saturated heterocycles. The maximum Gasteiger partial charge on any atom is 0.437 e. The highest BCUT2D eigenvalue weighted by molar-refractivity contribution is 6.33. The van der Waals surface area contributed by atoms with E-state index in [9.17, 15) is 27.9 Å². The number of phenolic OH excluding ortho intramolecular Hbond substituents is 1. The van der Waals surface area contributed by atoms with E-state index in [0.29, 0.717) is 13.1 Å². The van der Waals surface area contributed by atoms with Crippen LogP contribution in [0.5, 0.6) is 5.75 Å². The number of anilines is 2. The zero-order chi connectivity index (χ0) is 29.1. The van der Waals surface area contributed by atoms with E-state index < -0.39 is 17.5 Å². The molecule has 2 heterocycles. The van der Waals surface area contributed by atoms with E-state index in [0.717, 1.165) is 47.7 Å². The first-order valence-corrected chi connectivity index (χ1v) is 13.0. The fourth-order valence-electron chi connectivity index (χ4n) is 4.51. The minimum atomic E-state index is -4.50. The van der Waals surface area contributed by atoms with Gasteiger partial charge in [0.1, 0.15) is 5.75 Å². The lowest BCUT2D eigenvalue weighted by molar-refractivity contribution is -0.137. The molecule has 0 saturated carbocycles. The summed E-state index contributed by atoms with van der Waals surface area (Å²) in [5.41, 5.74) is 0.900. The Hall–Kier alpha value is -4.29. The lowest BCUT2D eigenvalue weighted by atomic mass is 10.1. The number of benzene rings is 3. The maximum atomic E-state index is 12.8. The van der Waals surface area contributed by atoms with Crippen molar-refractivity contribution in [2.75, 3.05) is 42.9 Å². The summed E-state index contributed by atoms with van der Waals surface area (Å²) < 4.78 is 44.5. The molecule has 1 aromatic heterocycles. The van der Waals surface area contributed by atoms with Crippen LogP contribution < -0.4 is 16.0 Å². The molecule has 1 fully saturated rings. The summed E-state index contributed by atoms with van der Waals surface area (Å²) in [6.07, 6.45) is -4.50. The molecule has 0 unspecified atom stereocenters. The number of rotatable bonds is 7. The number of phenols is 1. The van der Waals surface area contributed by atoms with Crippen LogP contribution in [0.2, 0.25) is 5.02 Å². The second kappa shape index (κ2) is 11.7. The van der Waals surface area contributed by atoms with Crippen molar-refractivity contribution in [1.29, 1.82) is 0 Å². The summed E-state index contributed by atoms with van der Waals surface area (Å²) in [4.78, 5) is 29.3. The molecule has 9 nitrogen and oxygen atoms in total. The molecule has 3 aromatic carbocycles. The molecule has 13 heteroatoms. The molecule has 1 aliphatic heterocycles. The number of amides is 1. The van der Waals surface area contributed by atoms with Crippen molar-refractivity contribution < 1.29 is 27.5 Å².